The van der Waals surface area contributed by atoms with Gasteiger partial charge in [0.15, 0.2) is 0 Å². The van der Waals surface area contributed by atoms with E-state index >= 15 is 0 Å². The van der Waals surface area contributed by atoms with E-state index in [2.05, 4.69) is 224 Å². The van der Waals surface area contributed by atoms with Gasteiger partial charge in [-0.1, -0.05) is 183 Å². The van der Waals surface area contributed by atoms with Crippen LogP contribution in [-0.2, 0) is 67.4 Å². The van der Waals surface area contributed by atoms with E-state index in [4.69, 9.17) is 51.1 Å². The van der Waals surface area contributed by atoms with Crippen molar-refractivity contribution in [3.05, 3.63) is 245 Å². The van der Waals surface area contributed by atoms with Gasteiger partial charge >= 0.3 is 138 Å². The van der Waals surface area contributed by atoms with Crippen molar-refractivity contribution in [2.24, 2.45) is 5.73 Å². The fraction of sp³-hybridized carbons (Fsp3) is 0.171. The van der Waals surface area contributed by atoms with E-state index in [-0.39, 0.29) is 187 Å². The Bertz CT molecular complexity index is 4310. The molecule has 0 saturated carbocycles. The number of nitrogens with zero attached hydrogens (tertiary/aromatic N) is 4. The minimum atomic E-state index is -2.08. The van der Waals surface area contributed by atoms with Crippen LogP contribution in [0.1, 0.15) is 87.8 Å². The molecule has 22 nitrogen and oxygen atoms in total. The maximum atomic E-state index is 11.4. The number of aryl methyl sites for hydroxylation is 4. The topological polar surface area (TPSA) is 350 Å². The number of hydrogen-bond donors (Lipinski definition) is 9. The van der Waals surface area contributed by atoms with Gasteiger partial charge in [-0.15, -0.1) is 0 Å². The number of nitrogens with one attached hydrogen (secondary N) is 5. The summed E-state index contributed by atoms with van der Waals surface area (Å²) in [6, 6.07) is 68.6. The number of carbonyl (C=O) groups is 7. The summed E-state index contributed by atoms with van der Waals surface area (Å²) in [7, 11) is -1.65. The number of primary amides is 1. The summed E-state index contributed by atoms with van der Waals surface area (Å²) in [4.78, 5) is 86.4. The van der Waals surface area contributed by atoms with Crippen molar-refractivity contribution in [3.63, 3.8) is 0 Å². The molecule has 0 bridgehead atoms. The van der Waals surface area contributed by atoms with E-state index in [1.165, 1.54) is 56.8 Å². The van der Waals surface area contributed by atoms with Crippen molar-refractivity contribution in [1.29, 1.82) is 0 Å². The van der Waals surface area contributed by atoms with E-state index in [1.54, 1.807) is 12.4 Å². The van der Waals surface area contributed by atoms with Gasteiger partial charge in [0.05, 0.1) is 0 Å². The van der Waals surface area contributed by atoms with Gasteiger partial charge in [0.25, 0.3) is 11.9 Å². The van der Waals surface area contributed by atoms with Crippen LogP contribution >= 0.6 is 27.4 Å². The average Bonchev–Trinajstić information content (AvgIpc) is 0.725. The molecule has 8 aromatic carbocycles. The molecule has 2 aromatic heterocycles. The van der Waals surface area contributed by atoms with Crippen molar-refractivity contribution in [3.8, 4) is 11.5 Å². The van der Waals surface area contributed by atoms with Crippen molar-refractivity contribution in [1.82, 2.24) is 19.9 Å². The van der Waals surface area contributed by atoms with Gasteiger partial charge in [-0.2, -0.15) is 4.98 Å². The molecule has 10 N–H and O–H groups in total. The van der Waals surface area contributed by atoms with Crippen LogP contribution in [0.5, 0.6) is 11.5 Å². The van der Waals surface area contributed by atoms with Gasteiger partial charge in [-0.05, 0) is 111 Å². The van der Waals surface area contributed by atoms with Gasteiger partial charge in [0.1, 0.15) is 22.5 Å². The van der Waals surface area contributed by atoms with Crippen LogP contribution < -0.4 is 212 Å². The van der Waals surface area contributed by atoms with E-state index in [1.807, 2.05) is 50.2 Å². The molecular formula is C76H76ClCs2N10O12P2Pd+. The van der Waals surface area contributed by atoms with Gasteiger partial charge in [0, 0.05) is 134 Å². The zero-order valence-electron chi connectivity index (χ0n) is 58.9. The first-order chi connectivity index (χ1) is 48.2. The first-order valence-electron chi connectivity index (χ1n) is 31.5. The second kappa shape index (κ2) is 44.5. The molecule has 10 aromatic rings. The van der Waals surface area contributed by atoms with Crippen LogP contribution in [0.3, 0.4) is 0 Å². The Morgan fingerprint density at radius 3 is 1.21 bits per heavy atom. The standard InChI is InChI=1S/C39H32OP2.C16H17N5O2.C14H13ClN4O.C2H5NO.2C2H4O2.CH2O3.2Cs.Pd/c1-39(2)33-25-15-27-35(41(29-17-7-3-8-18-29)30-19-9-4-10-20-30)37(33)40-38-34(39)26-16-28-36(38)42(31-21-11-5-12-22-31)32-23-13-6-14-24-32;1-9-8-17-16(21-15(9)18-10(2)22)19-12-4-5-13-11(7-12)3-6-14(23)20-13;1-8-7-16-14(19-13(8)15)17-10-3-4-11-9(6-10)2-5-12(20)18-11;3*1-2(3)4;2-1(3)4;;;/h3-28H,1-2H3;4-5,7-8H,3,6H2,1-2H3,(H,20,23)(H2,17,18,19,21,22);3-4,6-7H,2,5H2,1H3,(H,18,20)(H,16,17,19);1H3,(H2,3,4);2*1H3,(H,3,4);(H2,2,3,4);;;/q;;;;;;;2*+1;/p-1. The van der Waals surface area contributed by atoms with Crippen molar-refractivity contribution in [2.45, 2.75) is 86.5 Å². The Balaban J connectivity index is 0.000000313. The number of fused-ring (bicyclic) bond motifs is 4. The molecule has 4 amide bonds. The van der Waals surface area contributed by atoms with E-state index in [0.717, 1.165) is 76.8 Å². The number of carbonyl (C=O) groups excluding carboxylic acids is 4. The molecule has 0 spiro atoms. The molecule has 0 fully saturated rings. The number of hydrogen-bond acceptors (Lipinski definition) is 15. The summed E-state index contributed by atoms with van der Waals surface area (Å²) in [5.41, 5.74) is 14.0. The van der Waals surface area contributed by atoms with Crippen LogP contribution in [-0.4, -0.2) is 77.0 Å². The van der Waals surface area contributed by atoms with Crippen LogP contribution in [0.2, 0.25) is 5.15 Å². The summed E-state index contributed by atoms with van der Waals surface area (Å²) in [5, 5.41) is 53.0. The van der Waals surface area contributed by atoms with E-state index in [9.17, 15) is 19.2 Å². The van der Waals surface area contributed by atoms with Crippen molar-refractivity contribution < 1.29 is 217 Å². The number of anilines is 7. The number of rotatable bonds is 11. The minimum absolute atomic E-state index is 0. The predicted molar refractivity (Wildman–Crippen MR) is 398 cm³/mol. The molecule has 3 aliphatic rings. The van der Waals surface area contributed by atoms with Gasteiger partial charge in [-0.3, -0.25) is 28.8 Å². The number of halogens is 1. The van der Waals surface area contributed by atoms with Crippen LogP contribution in [0.4, 0.5) is 45.3 Å². The van der Waals surface area contributed by atoms with Gasteiger partial charge < -0.3 is 62.3 Å². The number of aromatic nitrogens is 4. The zero-order valence-corrected chi connectivity index (χ0v) is 75.6. The number of carboxylic acids is 2. The van der Waals surface area contributed by atoms with Gasteiger partial charge in [-0.25, -0.2) is 15.0 Å². The second-order valence-electron chi connectivity index (χ2n) is 23.1. The summed E-state index contributed by atoms with van der Waals surface area (Å²) >= 11 is 5.97. The van der Waals surface area contributed by atoms with Gasteiger partial charge in [0.2, 0.25) is 41.7 Å². The molecule has 0 aliphatic carbocycles. The second-order valence-corrected chi connectivity index (χ2v) is 27.9. The normalized spacial score (nSPS) is 11.8. The molecule has 0 atom stereocenters. The first-order valence-corrected chi connectivity index (χ1v) is 34.5. The monoisotopic (exact) mass is 1790 g/mol. The number of aliphatic carboxylic acids is 2. The third-order valence-corrected chi connectivity index (χ3v) is 20.1. The Morgan fingerprint density at radius 1 is 0.538 bits per heavy atom. The molecular weight excluding hydrogens is 1710 g/mol. The van der Waals surface area contributed by atoms with Crippen LogP contribution in [0.25, 0.3) is 0 Å². The third kappa shape index (κ3) is 27.6. The summed E-state index contributed by atoms with van der Waals surface area (Å²) in [6.45, 7) is 13.3. The molecule has 5 heterocycles. The van der Waals surface area contributed by atoms with Crippen molar-refractivity contribution in [2.75, 3.05) is 26.6 Å². The summed E-state index contributed by atoms with van der Waals surface area (Å²) in [5.74, 6) is 1.30. The molecule has 104 heavy (non-hydrogen) atoms. The fourth-order valence-electron chi connectivity index (χ4n) is 10.5. The van der Waals surface area contributed by atoms with Crippen LogP contribution in [0.15, 0.2) is 207 Å². The smallest absolute Gasteiger partial charge is 0.565 e. The quantitative estimate of drug-likeness (QED) is 0.0430. The molecule has 0 saturated heterocycles. The van der Waals surface area contributed by atoms with Crippen molar-refractivity contribution >= 4 is 141 Å². The SMILES string of the molecule is CC(=O)Nc1nc(Nc2ccc3c(c2)CCC(=O)N3)ncc1C.CC(=O)O.CC(=O)O.CC(N)=O.CC1(C)c2cccc(P(c3ccccc3)c3ccccc3)c2Oc2c(P(c3ccccc3)c3ccccc3)cccc21.Cc1cnc(Nc2ccc3c(c2)CCC(=O)N3)nc1Cl.O=C([O-])O.[Cs+].[Cs+].[Pd]. The molecule has 28 heteroatoms. The van der Waals surface area contributed by atoms with E-state index < -0.39 is 33.9 Å². The third-order valence-electron chi connectivity index (χ3n) is 14.8. The Labute approximate surface area is 742 Å². The first kappa shape index (κ1) is 89.7. The largest absolute Gasteiger partial charge is 1.00 e. The summed E-state index contributed by atoms with van der Waals surface area (Å²) in [6.07, 6.45) is 3.71. The number of para-hydroxylation sites is 2. The molecule has 3 aliphatic heterocycles. The molecule has 0 radical (unpaired) electrons. The maximum Gasteiger partial charge on any atom is 1.00 e. The fourth-order valence-corrected chi connectivity index (χ4v) is 15.4. The Kier molecular flexibility index (Phi) is 38.3. The number of benzene rings is 8. The van der Waals surface area contributed by atoms with E-state index in [0.29, 0.717) is 42.1 Å². The number of carboxylic acid groups (broad SMARTS) is 4. The molecule has 530 valence electrons. The molecule has 0 unspecified atom stereocenters. The average molecular weight is 1790 g/mol. The Morgan fingerprint density at radius 2 is 0.875 bits per heavy atom. The molecule has 13 rings (SSSR count). The minimum Gasteiger partial charge on any atom is -0.565 e. The Hall–Kier alpha value is -6.67. The maximum absolute atomic E-state index is 11.4. The number of amides is 4. The number of nitrogens with two attached hydrogens (primary N) is 1. The van der Waals surface area contributed by atoms with Crippen LogP contribution in [0, 0.1) is 13.8 Å². The summed E-state index contributed by atoms with van der Waals surface area (Å²) < 4.78 is 7.26. The number of ether oxygens (including phenoxy) is 1. The predicted octanol–water partition coefficient (Wildman–Crippen LogP) is 5.64. The zero-order chi connectivity index (χ0) is 73.3.